The molecular weight excluding hydrogens is 276 g/mol. The lowest BCUT2D eigenvalue weighted by Gasteiger charge is -2.01. The van der Waals surface area contributed by atoms with E-state index in [0.717, 1.165) is 16.5 Å². The van der Waals surface area contributed by atoms with Crippen molar-refractivity contribution in [2.45, 2.75) is 6.92 Å². The first-order chi connectivity index (χ1) is 9.56. The summed E-state index contributed by atoms with van der Waals surface area (Å²) in [5.41, 5.74) is 2.98. The smallest absolute Gasteiger partial charge is 0.372 e. The van der Waals surface area contributed by atoms with Crippen molar-refractivity contribution in [3.8, 4) is 11.1 Å². The van der Waals surface area contributed by atoms with Crippen molar-refractivity contribution in [1.29, 1.82) is 0 Å². The highest BCUT2D eigenvalue weighted by molar-refractivity contribution is 6.30. The Morgan fingerprint density at radius 1 is 1.15 bits per heavy atom. The van der Waals surface area contributed by atoms with E-state index in [1.54, 1.807) is 30.3 Å². The van der Waals surface area contributed by atoms with Gasteiger partial charge in [0.05, 0.1) is 0 Å². The number of aromatic carboxylic acids is 1. The van der Waals surface area contributed by atoms with Crippen LogP contribution in [0.1, 0.15) is 16.1 Å². The molecule has 0 fully saturated rings. The largest absolute Gasteiger partial charge is 0.475 e. The van der Waals surface area contributed by atoms with Gasteiger partial charge in [-0.1, -0.05) is 35.4 Å². The SMILES string of the molecule is Cc1ccc2oc(C(=O)O)c(-c3ccc(Cl)cc3)c2c1. The standard InChI is InChI=1S/C16H11ClO3/c1-9-2-7-13-12(8-9)14(15(20-13)16(18)19)10-3-5-11(17)6-4-10/h2-8H,1H3,(H,18,19). The third-order valence-corrected chi connectivity index (χ3v) is 3.42. The van der Waals surface area contributed by atoms with Gasteiger partial charge in [-0.2, -0.15) is 0 Å². The van der Waals surface area contributed by atoms with Crippen molar-refractivity contribution in [2.24, 2.45) is 0 Å². The molecule has 0 bridgehead atoms. The number of hydrogen-bond donors (Lipinski definition) is 1. The normalized spacial score (nSPS) is 10.9. The second-order valence-electron chi connectivity index (χ2n) is 4.62. The number of hydrogen-bond acceptors (Lipinski definition) is 2. The molecule has 0 atom stereocenters. The molecule has 0 spiro atoms. The van der Waals surface area contributed by atoms with Crippen LogP contribution in [-0.4, -0.2) is 11.1 Å². The van der Waals surface area contributed by atoms with E-state index in [1.807, 2.05) is 19.1 Å². The maximum absolute atomic E-state index is 11.4. The number of benzene rings is 2. The first-order valence-electron chi connectivity index (χ1n) is 6.08. The van der Waals surface area contributed by atoms with Crippen LogP contribution >= 0.6 is 11.6 Å². The molecule has 0 amide bonds. The van der Waals surface area contributed by atoms with Gasteiger partial charge in [-0.25, -0.2) is 4.79 Å². The number of carboxylic acid groups (broad SMARTS) is 1. The molecule has 0 radical (unpaired) electrons. The van der Waals surface area contributed by atoms with Crippen LogP contribution in [0, 0.1) is 6.92 Å². The quantitative estimate of drug-likeness (QED) is 0.739. The molecule has 0 saturated carbocycles. The second-order valence-corrected chi connectivity index (χ2v) is 5.05. The minimum Gasteiger partial charge on any atom is -0.475 e. The predicted octanol–water partition coefficient (Wildman–Crippen LogP) is 4.76. The Labute approximate surface area is 120 Å². The molecule has 2 aromatic carbocycles. The van der Waals surface area contributed by atoms with Crippen molar-refractivity contribution < 1.29 is 14.3 Å². The van der Waals surface area contributed by atoms with Gasteiger partial charge in [0.2, 0.25) is 5.76 Å². The molecule has 1 heterocycles. The fourth-order valence-corrected chi connectivity index (χ4v) is 2.39. The zero-order chi connectivity index (χ0) is 14.3. The number of aryl methyl sites for hydroxylation is 1. The number of halogens is 1. The van der Waals surface area contributed by atoms with Crippen molar-refractivity contribution in [1.82, 2.24) is 0 Å². The van der Waals surface area contributed by atoms with Gasteiger partial charge in [0.15, 0.2) is 0 Å². The highest BCUT2D eigenvalue weighted by atomic mass is 35.5. The van der Waals surface area contributed by atoms with E-state index in [9.17, 15) is 9.90 Å². The Kier molecular flexibility index (Phi) is 2.99. The van der Waals surface area contributed by atoms with Crippen LogP contribution in [0.5, 0.6) is 0 Å². The summed E-state index contributed by atoms with van der Waals surface area (Å²) in [5.74, 6) is -1.13. The minimum atomic E-state index is -1.08. The van der Waals surface area contributed by atoms with Gasteiger partial charge in [-0.15, -0.1) is 0 Å². The molecule has 100 valence electrons. The number of carbonyl (C=O) groups is 1. The Hall–Kier alpha value is -2.26. The van der Waals surface area contributed by atoms with Crippen LogP contribution in [0.15, 0.2) is 46.9 Å². The highest BCUT2D eigenvalue weighted by Gasteiger charge is 2.21. The third-order valence-electron chi connectivity index (χ3n) is 3.17. The summed E-state index contributed by atoms with van der Waals surface area (Å²) < 4.78 is 5.47. The summed E-state index contributed by atoms with van der Waals surface area (Å²) in [4.78, 5) is 11.4. The summed E-state index contributed by atoms with van der Waals surface area (Å²) in [6.07, 6.45) is 0. The number of rotatable bonds is 2. The monoisotopic (exact) mass is 286 g/mol. The lowest BCUT2D eigenvalue weighted by Crippen LogP contribution is -1.95. The lowest BCUT2D eigenvalue weighted by molar-refractivity contribution is 0.0666. The number of fused-ring (bicyclic) bond motifs is 1. The molecule has 0 saturated heterocycles. The van der Waals surface area contributed by atoms with E-state index in [1.165, 1.54) is 0 Å². The summed E-state index contributed by atoms with van der Waals surface area (Å²) in [6.45, 7) is 1.96. The van der Waals surface area contributed by atoms with E-state index in [4.69, 9.17) is 16.0 Å². The summed E-state index contributed by atoms with van der Waals surface area (Å²) >= 11 is 5.88. The van der Waals surface area contributed by atoms with Crippen molar-refractivity contribution in [2.75, 3.05) is 0 Å². The Morgan fingerprint density at radius 3 is 2.50 bits per heavy atom. The molecule has 1 aromatic heterocycles. The maximum atomic E-state index is 11.4. The van der Waals surface area contributed by atoms with Crippen molar-refractivity contribution >= 4 is 28.5 Å². The lowest BCUT2D eigenvalue weighted by atomic mass is 10.0. The number of carboxylic acids is 1. The molecule has 3 nitrogen and oxygen atoms in total. The van der Waals surface area contributed by atoms with E-state index in [2.05, 4.69) is 0 Å². The molecular formula is C16H11ClO3. The first-order valence-corrected chi connectivity index (χ1v) is 6.46. The Morgan fingerprint density at radius 2 is 1.85 bits per heavy atom. The van der Waals surface area contributed by atoms with Crippen LogP contribution in [0.3, 0.4) is 0 Å². The summed E-state index contributed by atoms with van der Waals surface area (Å²) in [7, 11) is 0. The second kappa shape index (κ2) is 4.69. The zero-order valence-corrected chi connectivity index (χ0v) is 11.4. The number of furan rings is 1. The minimum absolute atomic E-state index is 0.0482. The predicted molar refractivity (Wildman–Crippen MR) is 78.4 cm³/mol. The fraction of sp³-hybridized carbons (Fsp3) is 0.0625. The highest BCUT2D eigenvalue weighted by Crippen LogP contribution is 2.35. The molecule has 3 aromatic rings. The van der Waals surface area contributed by atoms with Gasteiger partial charge < -0.3 is 9.52 Å². The van der Waals surface area contributed by atoms with E-state index in [0.29, 0.717) is 16.2 Å². The van der Waals surface area contributed by atoms with Crippen molar-refractivity contribution in [3.63, 3.8) is 0 Å². The summed E-state index contributed by atoms with van der Waals surface area (Å²) in [6, 6.07) is 12.7. The van der Waals surface area contributed by atoms with Crippen LogP contribution in [-0.2, 0) is 0 Å². The molecule has 0 unspecified atom stereocenters. The van der Waals surface area contributed by atoms with Gasteiger partial charge in [0.25, 0.3) is 0 Å². The van der Waals surface area contributed by atoms with Crippen LogP contribution in [0.4, 0.5) is 0 Å². The molecule has 0 aliphatic rings. The Bertz CT molecular complexity index is 800. The molecule has 4 heteroatoms. The van der Waals surface area contributed by atoms with Gasteiger partial charge >= 0.3 is 5.97 Å². The maximum Gasteiger partial charge on any atom is 0.372 e. The average Bonchev–Trinajstić information content (AvgIpc) is 2.78. The molecule has 20 heavy (non-hydrogen) atoms. The third kappa shape index (κ3) is 2.06. The fourth-order valence-electron chi connectivity index (χ4n) is 2.27. The molecule has 1 N–H and O–H groups in total. The zero-order valence-electron chi connectivity index (χ0n) is 10.7. The van der Waals surface area contributed by atoms with Crippen molar-refractivity contribution in [3.05, 3.63) is 58.8 Å². The summed E-state index contributed by atoms with van der Waals surface area (Å²) in [5, 5.41) is 10.7. The Balaban J connectivity index is 2.36. The molecule has 0 aliphatic heterocycles. The van der Waals surface area contributed by atoms with E-state index < -0.39 is 5.97 Å². The van der Waals surface area contributed by atoms with E-state index >= 15 is 0 Å². The van der Waals surface area contributed by atoms with Crippen LogP contribution in [0.2, 0.25) is 5.02 Å². The van der Waals surface area contributed by atoms with Gasteiger partial charge in [0.1, 0.15) is 5.58 Å². The van der Waals surface area contributed by atoms with Gasteiger partial charge in [-0.3, -0.25) is 0 Å². The van der Waals surface area contributed by atoms with E-state index in [-0.39, 0.29) is 5.76 Å². The molecule has 3 rings (SSSR count). The average molecular weight is 287 g/mol. The first kappa shape index (κ1) is 12.8. The van der Waals surface area contributed by atoms with Gasteiger partial charge in [-0.05, 0) is 36.8 Å². The molecule has 0 aliphatic carbocycles. The van der Waals surface area contributed by atoms with Crippen LogP contribution < -0.4 is 0 Å². The van der Waals surface area contributed by atoms with Gasteiger partial charge in [0, 0.05) is 16.0 Å². The topological polar surface area (TPSA) is 50.4 Å². The van der Waals surface area contributed by atoms with Crippen LogP contribution in [0.25, 0.3) is 22.1 Å².